The number of nitrogens with zero attached hydrogens (tertiary/aromatic N) is 1. The van der Waals surface area contributed by atoms with E-state index in [-0.39, 0.29) is 10.6 Å². The molecule has 0 unspecified atom stereocenters. The van der Waals surface area contributed by atoms with Crippen LogP contribution >= 0.6 is 11.6 Å². The summed E-state index contributed by atoms with van der Waals surface area (Å²) in [6, 6.07) is 0. The van der Waals surface area contributed by atoms with Gasteiger partial charge in [0.2, 0.25) is 5.17 Å². The van der Waals surface area contributed by atoms with Crippen LogP contribution in [-0.4, -0.2) is 24.3 Å². The highest BCUT2D eigenvalue weighted by molar-refractivity contribution is 6.81. The van der Waals surface area contributed by atoms with Gasteiger partial charge in [0.25, 0.3) is 0 Å². The van der Waals surface area contributed by atoms with Gasteiger partial charge in [0.05, 0.1) is 6.61 Å². The van der Waals surface area contributed by atoms with Crippen molar-refractivity contribution in [3.05, 3.63) is 0 Å². The minimum atomic E-state index is -0.595. The lowest BCUT2D eigenvalue weighted by Crippen LogP contribution is -2.20. The first-order chi connectivity index (χ1) is 6.87. The third-order valence-corrected chi connectivity index (χ3v) is 1.85. The van der Waals surface area contributed by atoms with Crippen molar-refractivity contribution in [1.29, 1.82) is 0 Å². The Morgan fingerprint density at radius 3 is 2.53 bits per heavy atom. The minimum absolute atomic E-state index is 0.161. The van der Waals surface area contributed by atoms with Gasteiger partial charge in [-0.1, -0.05) is 32.4 Å². The summed E-state index contributed by atoms with van der Waals surface area (Å²) in [4.78, 5) is 11.0. The van der Waals surface area contributed by atoms with E-state index in [0.29, 0.717) is 13.2 Å². The van der Waals surface area contributed by atoms with Crippen molar-refractivity contribution in [2.75, 3.05) is 13.2 Å². The molecule has 0 aromatic rings. The fourth-order valence-corrected chi connectivity index (χ4v) is 0.907. The van der Waals surface area contributed by atoms with Crippen molar-refractivity contribution in [3.8, 4) is 0 Å². The monoisotopic (exact) mass is 234 g/mol. The predicted octanol–water partition coefficient (Wildman–Crippen LogP) is 2.13. The third kappa shape index (κ3) is 8.24. The summed E-state index contributed by atoms with van der Waals surface area (Å²) in [5, 5.41) is 3.54. The largest absolute Gasteiger partial charge is 0.461 e. The molecule has 1 N–H and O–H groups in total. The van der Waals surface area contributed by atoms with Gasteiger partial charge in [-0.3, -0.25) is 0 Å². The highest BCUT2D eigenvalue weighted by atomic mass is 35.5. The molecule has 0 aromatic heterocycles. The van der Waals surface area contributed by atoms with E-state index in [1.54, 1.807) is 6.92 Å². The lowest BCUT2D eigenvalue weighted by Gasteiger charge is -2.17. The van der Waals surface area contributed by atoms with Crippen molar-refractivity contribution >= 4 is 22.7 Å². The number of hydrogen-bond acceptors (Lipinski definition) is 4. The summed E-state index contributed by atoms with van der Waals surface area (Å²) >= 11 is 5.57. The molecule has 4 nitrogen and oxygen atoms in total. The van der Waals surface area contributed by atoms with E-state index in [9.17, 15) is 4.79 Å². The Bertz CT molecular complexity index is 234. The molecule has 0 aliphatic carbocycles. The summed E-state index contributed by atoms with van der Waals surface area (Å²) in [5.41, 5.74) is 2.97. The zero-order chi connectivity index (χ0) is 11.9. The summed E-state index contributed by atoms with van der Waals surface area (Å²) in [6.07, 6.45) is 0.948. The number of carbonyl (C=O) groups excluding carboxylic acids is 1. The fourth-order valence-electron chi connectivity index (χ4n) is 0.793. The Balaban J connectivity index is 3.81. The van der Waals surface area contributed by atoms with Gasteiger partial charge in [0, 0.05) is 6.54 Å². The molecule has 15 heavy (non-hydrogen) atoms. The van der Waals surface area contributed by atoms with E-state index in [4.69, 9.17) is 11.6 Å². The average Bonchev–Trinajstić information content (AvgIpc) is 2.11. The molecule has 5 heteroatoms. The minimum Gasteiger partial charge on any atom is -0.461 e. The number of hydrogen-bond donors (Lipinski definition) is 1. The van der Waals surface area contributed by atoms with Crippen LogP contribution in [0.25, 0.3) is 0 Å². The van der Waals surface area contributed by atoms with Crippen molar-refractivity contribution < 1.29 is 9.53 Å². The van der Waals surface area contributed by atoms with Crippen LogP contribution in [0.1, 0.15) is 34.1 Å². The van der Waals surface area contributed by atoms with Gasteiger partial charge >= 0.3 is 5.97 Å². The predicted molar refractivity (Wildman–Crippen MR) is 62.0 cm³/mol. The zero-order valence-corrected chi connectivity index (χ0v) is 10.5. The highest BCUT2D eigenvalue weighted by Crippen LogP contribution is 2.16. The first-order valence-electron chi connectivity index (χ1n) is 5.00. The number of nitrogens with one attached hydrogen (secondary N) is 1. The Kier molecular flexibility index (Phi) is 6.32. The van der Waals surface area contributed by atoms with E-state index in [1.807, 2.05) is 0 Å². The normalized spacial score (nSPS) is 12.5. The Hall–Kier alpha value is -0.770. The molecule has 0 rings (SSSR count). The molecule has 0 saturated carbocycles. The summed E-state index contributed by atoms with van der Waals surface area (Å²) in [5.74, 6) is -0.595. The molecule has 0 fully saturated rings. The maximum atomic E-state index is 11.0. The summed E-state index contributed by atoms with van der Waals surface area (Å²) in [7, 11) is 0. The van der Waals surface area contributed by atoms with Crippen LogP contribution in [0.3, 0.4) is 0 Å². The highest BCUT2D eigenvalue weighted by Gasteiger charge is 2.10. The molecule has 0 saturated heterocycles. The number of halogens is 1. The van der Waals surface area contributed by atoms with E-state index in [0.717, 1.165) is 6.42 Å². The molecule has 0 aromatic carbocycles. The molecular formula is C10H19ClN2O2. The lowest BCUT2D eigenvalue weighted by molar-refractivity contribution is -0.134. The van der Waals surface area contributed by atoms with Gasteiger partial charge < -0.3 is 10.2 Å². The summed E-state index contributed by atoms with van der Waals surface area (Å²) in [6.45, 7) is 9.09. The van der Waals surface area contributed by atoms with Gasteiger partial charge in [-0.05, 0) is 18.8 Å². The quantitative estimate of drug-likeness (QED) is 0.343. The van der Waals surface area contributed by atoms with Gasteiger partial charge in [-0.15, -0.1) is 0 Å². The van der Waals surface area contributed by atoms with Gasteiger partial charge in [-0.2, -0.15) is 5.10 Å². The molecule has 0 bridgehead atoms. The first-order valence-corrected chi connectivity index (χ1v) is 5.38. The van der Waals surface area contributed by atoms with Gasteiger partial charge in [0.1, 0.15) is 0 Å². The number of ether oxygens (including phenoxy) is 1. The van der Waals surface area contributed by atoms with Crippen molar-refractivity contribution in [3.63, 3.8) is 0 Å². The van der Waals surface area contributed by atoms with Gasteiger partial charge in [0.15, 0.2) is 0 Å². The van der Waals surface area contributed by atoms with Crippen molar-refractivity contribution in [2.45, 2.75) is 34.1 Å². The van der Waals surface area contributed by atoms with Crippen LogP contribution in [0.2, 0.25) is 0 Å². The molecule has 88 valence electrons. The molecule has 0 aliphatic heterocycles. The first kappa shape index (κ1) is 14.2. The number of esters is 1. The van der Waals surface area contributed by atoms with Crippen LogP contribution in [-0.2, 0) is 9.53 Å². The van der Waals surface area contributed by atoms with Crippen molar-refractivity contribution in [1.82, 2.24) is 5.43 Å². The third-order valence-electron chi connectivity index (χ3n) is 1.61. The second-order valence-corrected chi connectivity index (χ2v) is 4.70. The molecule has 0 amide bonds. The zero-order valence-electron chi connectivity index (χ0n) is 9.76. The van der Waals surface area contributed by atoms with Crippen LogP contribution in [0, 0.1) is 5.41 Å². The second kappa shape index (κ2) is 6.67. The van der Waals surface area contributed by atoms with Crippen LogP contribution < -0.4 is 5.43 Å². The van der Waals surface area contributed by atoms with Gasteiger partial charge in [-0.25, -0.2) is 4.79 Å². The molecular weight excluding hydrogens is 216 g/mol. The lowest BCUT2D eigenvalue weighted by atomic mass is 9.93. The van der Waals surface area contributed by atoms with E-state index in [2.05, 4.69) is 36.0 Å². The second-order valence-electron chi connectivity index (χ2n) is 4.34. The average molecular weight is 235 g/mol. The molecule has 0 atom stereocenters. The maximum absolute atomic E-state index is 11.0. The smallest absolute Gasteiger partial charge is 0.370 e. The fraction of sp³-hybridized carbons (Fsp3) is 0.800. The van der Waals surface area contributed by atoms with Crippen LogP contribution in [0.5, 0.6) is 0 Å². The maximum Gasteiger partial charge on any atom is 0.370 e. The number of rotatable bonds is 5. The standard InChI is InChI=1S/C10H19ClN2O2/c1-5-15-9(14)8(11)13-12-7-6-10(2,3)4/h12H,5-7H2,1-4H3/b13-8-. The molecule has 0 spiro atoms. The number of hydrazone groups is 1. The molecule has 0 aliphatic rings. The topological polar surface area (TPSA) is 50.7 Å². The van der Waals surface area contributed by atoms with E-state index >= 15 is 0 Å². The van der Waals surface area contributed by atoms with E-state index in [1.165, 1.54) is 0 Å². The Morgan fingerprint density at radius 2 is 2.07 bits per heavy atom. The van der Waals surface area contributed by atoms with Crippen molar-refractivity contribution in [2.24, 2.45) is 10.5 Å². The Labute approximate surface area is 96.0 Å². The van der Waals surface area contributed by atoms with E-state index < -0.39 is 5.97 Å². The molecule has 0 radical (unpaired) electrons. The van der Waals surface area contributed by atoms with Crippen LogP contribution in [0.15, 0.2) is 5.10 Å². The summed E-state index contributed by atoms with van der Waals surface area (Å²) < 4.78 is 4.66. The van der Waals surface area contributed by atoms with Crippen LogP contribution in [0.4, 0.5) is 0 Å². The Morgan fingerprint density at radius 1 is 1.47 bits per heavy atom. The SMILES string of the molecule is CCOC(=O)/C(Cl)=N/NCCC(C)(C)C. The molecule has 0 heterocycles. The number of carbonyl (C=O) groups is 1.